The van der Waals surface area contributed by atoms with Gasteiger partial charge in [-0.2, -0.15) is 5.10 Å². The molecule has 33 heavy (non-hydrogen) atoms. The van der Waals surface area contributed by atoms with E-state index in [1.807, 2.05) is 49.4 Å². The minimum atomic E-state index is -0.0665. The second kappa shape index (κ2) is 9.95. The molecule has 0 bridgehead atoms. The summed E-state index contributed by atoms with van der Waals surface area (Å²) in [6.07, 6.45) is 2.71. The summed E-state index contributed by atoms with van der Waals surface area (Å²) in [5.41, 5.74) is 5.37. The lowest BCUT2D eigenvalue weighted by Gasteiger charge is -2.10. The van der Waals surface area contributed by atoms with Gasteiger partial charge in [-0.3, -0.25) is 4.79 Å². The van der Waals surface area contributed by atoms with Crippen LogP contribution in [0.15, 0.2) is 59.8 Å². The number of aryl methyl sites for hydroxylation is 2. The van der Waals surface area contributed by atoms with Crippen LogP contribution in [0.2, 0.25) is 0 Å². The Morgan fingerprint density at radius 3 is 2.67 bits per heavy atom. The van der Waals surface area contributed by atoms with E-state index in [2.05, 4.69) is 23.4 Å². The molecule has 0 aliphatic heterocycles. The number of rotatable bonds is 8. The Balaban J connectivity index is 1.57. The number of aromatic nitrogens is 3. The first-order valence-electron chi connectivity index (χ1n) is 10.6. The average Bonchev–Trinajstić information content (AvgIpc) is 3.26. The third-order valence-electron chi connectivity index (χ3n) is 5.23. The molecule has 1 N–H and O–H groups in total. The quantitative estimate of drug-likeness (QED) is 0.293. The summed E-state index contributed by atoms with van der Waals surface area (Å²) in [6.45, 7) is 4.03. The van der Waals surface area contributed by atoms with Crippen molar-refractivity contribution < 1.29 is 14.3 Å². The molecule has 4 aromatic rings. The number of ether oxygens (including phenoxy) is 2. The van der Waals surface area contributed by atoms with Crippen molar-refractivity contribution in [2.24, 2.45) is 0 Å². The van der Waals surface area contributed by atoms with Gasteiger partial charge in [-0.05, 0) is 54.8 Å². The van der Waals surface area contributed by atoms with Gasteiger partial charge in [0.15, 0.2) is 17.1 Å². The van der Waals surface area contributed by atoms with E-state index in [-0.39, 0.29) is 11.7 Å². The second-order valence-corrected chi connectivity index (χ2v) is 8.49. The number of thioether (sulfide) groups is 1. The number of nitrogens with zero attached hydrogens (tertiary/aromatic N) is 3. The molecule has 8 heteroatoms. The zero-order valence-electron chi connectivity index (χ0n) is 19.1. The smallest absolute Gasteiger partial charge is 0.234 e. The predicted molar refractivity (Wildman–Crippen MR) is 131 cm³/mol. The zero-order chi connectivity index (χ0) is 23.4. The van der Waals surface area contributed by atoms with Crippen molar-refractivity contribution in [3.05, 3.63) is 66.0 Å². The highest BCUT2D eigenvalue weighted by Crippen LogP contribution is 2.34. The van der Waals surface area contributed by atoms with Crippen molar-refractivity contribution in [2.45, 2.75) is 25.3 Å². The topological polar surface area (TPSA) is 77.8 Å². The minimum Gasteiger partial charge on any atom is -0.493 e. The van der Waals surface area contributed by atoms with Crippen LogP contribution >= 0.6 is 11.8 Å². The molecule has 0 saturated carbocycles. The SMILES string of the molecule is CCc1cccc(NC(=O)CSc2cc(C)nc3c(-c4ccc(OC)c(OC)c4)cnn23)c1. The van der Waals surface area contributed by atoms with Gasteiger partial charge in [0.1, 0.15) is 5.03 Å². The molecule has 2 aromatic heterocycles. The molecule has 1 amide bonds. The fourth-order valence-electron chi connectivity index (χ4n) is 3.57. The van der Waals surface area contributed by atoms with Gasteiger partial charge >= 0.3 is 0 Å². The summed E-state index contributed by atoms with van der Waals surface area (Å²) >= 11 is 1.43. The molecule has 2 aromatic carbocycles. The van der Waals surface area contributed by atoms with E-state index in [4.69, 9.17) is 14.5 Å². The molecule has 2 heterocycles. The molecule has 0 unspecified atom stereocenters. The summed E-state index contributed by atoms with van der Waals surface area (Å²) in [6, 6.07) is 15.6. The van der Waals surface area contributed by atoms with Crippen LogP contribution in [0.5, 0.6) is 11.5 Å². The van der Waals surface area contributed by atoms with Crippen molar-refractivity contribution in [3.8, 4) is 22.6 Å². The van der Waals surface area contributed by atoms with E-state index in [0.717, 1.165) is 39.6 Å². The fourth-order valence-corrected chi connectivity index (χ4v) is 4.43. The lowest BCUT2D eigenvalue weighted by atomic mass is 10.1. The molecule has 0 fully saturated rings. The van der Waals surface area contributed by atoms with Gasteiger partial charge in [0, 0.05) is 16.9 Å². The highest BCUT2D eigenvalue weighted by molar-refractivity contribution is 7.99. The Hall–Kier alpha value is -3.52. The standard InChI is InChI=1S/C25H26N4O3S/c1-5-17-7-6-8-19(12-17)28-23(30)15-33-24-11-16(2)27-25-20(14-26-29(24)25)18-9-10-21(31-3)22(13-18)32-4/h6-14H,5,15H2,1-4H3,(H,28,30). The summed E-state index contributed by atoms with van der Waals surface area (Å²) in [4.78, 5) is 17.3. The van der Waals surface area contributed by atoms with Gasteiger partial charge in [-0.1, -0.05) is 36.9 Å². The molecule has 4 rings (SSSR count). The van der Waals surface area contributed by atoms with Crippen LogP contribution in [-0.2, 0) is 11.2 Å². The zero-order valence-corrected chi connectivity index (χ0v) is 19.9. The third-order valence-corrected chi connectivity index (χ3v) is 6.22. The van der Waals surface area contributed by atoms with E-state index in [9.17, 15) is 4.79 Å². The second-order valence-electron chi connectivity index (χ2n) is 7.49. The van der Waals surface area contributed by atoms with Crippen molar-refractivity contribution in [1.82, 2.24) is 14.6 Å². The van der Waals surface area contributed by atoms with Crippen molar-refractivity contribution in [2.75, 3.05) is 25.3 Å². The highest BCUT2D eigenvalue weighted by Gasteiger charge is 2.15. The molecule has 0 aliphatic carbocycles. The van der Waals surface area contributed by atoms with Crippen molar-refractivity contribution in [3.63, 3.8) is 0 Å². The van der Waals surface area contributed by atoms with Crippen LogP contribution in [0.3, 0.4) is 0 Å². The first-order valence-corrected chi connectivity index (χ1v) is 11.6. The molecule has 0 spiro atoms. The van der Waals surface area contributed by atoms with Crippen LogP contribution in [0.1, 0.15) is 18.2 Å². The number of hydrogen-bond donors (Lipinski definition) is 1. The molecule has 0 atom stereocenters. The normalized spacial score (nSPS) is 10.9. The monoisotopic (exact) mass is 462 g/mol. The van der Waals surface area contributed by atoms with Gasteiger partial charge in [0.25, 0.3) is 0 Å². The lowest BCUT2D eigenvalue weighted by molar-refractivity contribution is -0.113. The van der Waals surface area contributed by atoms with E-state index in [0.29, 0.717) is 11.5 Å². The van der Waals surface area contributed by atoms with Crippen LogP contribution in [0.25, 0.3) is 16.8 Å². The highest BCUT2D eigenvalue weighted by atomic mass is 32.2. The first kappa shape index (κ1) is 22.7. The number of anilines is 1. The van der Waals surface area contributed by atoms with Gasteiger partial charge in [0.2, 0.25) is 5.91 Å². The van der Waals surface area contributed by atoms with Crippen LogP contribution in [-0.4, -0.2) is 40.5 Å². The average molecular weight is 463 g/mol. The van der Waals surface area contributed by atoms with Crippen molar-refractivity contribution >= 4 is 29.0 Å². The predicted octanol–water partition coefficient (Wildman–Crippen LogP) is 5.02. The maximum atomic E-state index is 12.6. The maximum Gasteiger partial charge on any atom is 0.234 e. The van der Waals surface area contributed by atoms with Gasteiger partial charge in [0.05, 0.1) is 26.2 Å². The van der Waals surface area contributed by atoms with E-state index in [1.54, 1.807) is 24.9 Å². The van der Waals surface area contributed by atoms with Gasteiger partial charge in [-0.25, -0.2) is 9.50 Å². The number of benzene rings is 2. The molecular formula is C25H26N4O3S. The Bertz CT molecular complexity index is 1300. The Morgan fingerprint density at radius 1 is 1.09 bits per heavy atom. The molecule has 0 saturated heterocycles. The Kier molecular flexibility index (Phi) is 6.84. The third kappa shape index (κ3) is 4.96. The van der Waals surface area contributed by atoms with E-state index in [1.165, 1.54) is 17.3 Å². The number of nitrogens with one attached hydrogen (secondary N) is 1. The molecule has 0 radical (unpaired) electrons. The van der Waals surface area contributed by atoms with E-state index >= 15 is 0 Å². The number of methoxy groups -OCH3 is 2. The molecular weight excluding hydrogens is 436 g/mol. The largest absolute Gasteiger partial charge is 0.493 e. The Morgan fingerprint density at radius 2 is 1.91 bits per heavy atom. The molecule has 7 nitrogen and oxygen atoms in total. The summed E-state index contributed by atoms with van der Waals surface area (Å²) in [7, 11) is 3.22. The van der Waals surface area contributed by atoms with E-state index < -0.39 is 0 Å². The first-order chi connectivity index (χ1) is 16.0. The maximum absolute atomic E-state index is 12.6. The number of fused-ring (bicyclic) bond motifs is 1. The van der Waals surface area contributed by atoms with Crippen LogP contribution < -0.4 is 14.8 Å². The summed E-state index contributed by atoms with van der Waals surface area (Å²) in [5, 5.41) is 8.37. The number of hydrogen-bond acceptors (Lipinski definition) is 6. The summed E-state index contributed by atoms with van der Waals surface area (Å²) in [5.74, 6) is 1.50. The lowest BCUT2D eigenvalue weighted by Crippen LogP contribution is -2.14. The van der Waals surface area contributed by atoms with Crippen LogP contribution in [0, 0.1) is 6.92 Å². The van der Waals surface area contributed by atoms with Gasteiger partial charge < -0.3 is 14.8 Å². The number of carbonyl (C=O) groups excluding carboxylic acids is 1. The Labute approximate surface area is 197 Å². The fraction of sp³-hybridized carbons (Fsp3) is 0.240. The number of carbonyl (C=O) groups is 1. The van der Waals surface area contributed by atoms with Gasteiger partial charge in [-0.15, -0.1) is 0 Å². The summed E-state index contributed by atoms with van der Waals surface area (Å²) < 4.78 is 12.6. The number of amides is 1. The molecule has 0 aliphatic rings. The minimum absolute atomic E-state index is 0.0665. The van der Waals surface area contributed by atoms with Crippen molar-refractivity contribution in [1.29, 1.82) is 0 Å². The molecule has 170 valence electrons. The van der Waals surface area contributed by atoms with Crippen LogP contribution in [0.4, 0.5) is 5.69 Å².